The lowest BCUT2D eigenvalue weighted by Crippen LogP contribution is -2.28. The number of hydrogen-bond acceptors (Lipinski definition) is 2. The quantitative estimate of drug-likeness (QED) is 0.557. The van der Waals surface area contributed by atoms with E-state index >= 15 is 0 Å². The maximum absolute atomic E-state index is 11.5. The Morgan fingerprint density at radius 3 is 1.93 bits per heavy atom. The van der Waals surface area contributed by atoms with Gasteiger partial charge in [0.25, 0.3) is 0 Å². The van der Waals surface area contributed by atoms with Gasteiger partial charge < -0.3 is 4.43 Å². The summed E-state index contributed by atoms with van der Waals surface area (Å²) in [7, 11) is -2.84. The molecule has 0 atom stereocenters. The van der Waals surface area contributed by atoms with Crippen LogP contribution in [0.1, 0.15) is 6.92 Å². The molecule has 0 saturated carbocycles. The standard InChI is InChI=1S/C11H24O2Si2/c1-10(9-14(2,3)4)8-11(12)13-15(5,6)7/h8H,9H2,1-7H3. The minimum Gasteiger partial charge on any atom is -0.517 e. The van der Waals surface area contributed by atoms with Crippen molar-refractivity contribution in [1.29, 1.82) is 0 Å². The molecular formula is C11H24O2Si2. The fraction of sp³-hybridized carbons (Fsp3) is 0.727. The summed E-state index contributed by atoms with van der Waals surface area (Å²) in [6.45, 7) is 15.0. The highest BCUT2D eigenvalue weighted by Crippen LogP contribution is 2.16. The van der Waals surface area contributed by atoms with Gasteiger partial charge in [0.1, 0.15) is 0 Å². The minimum absolute atomic E-state index is 0.162. The zero-order chi connectivity index (χ0) is 12.3. The molecule has 0 aliphatic carbocycles. The normalized spacial score (nSPS) is 13.9. The fourth-order valence-corrected chi connectivity index (χ4v) is 3.86. The van der Waals surface area contributed by atoms with E-state index in [1.807, 2.05) is 26.6 Å². The van der Waals surface area contributed by atoms with Crippen LogP contribution in [0.5, 0.6) is 0 Å². The predicted octanol–water partition coefficient (Wildman–Crippen LogP) is 3.65. The van der Waals surface area contributed by atoms with Crippen molar-refractivity contribution < 1.29 is 9.22 Å². The summed E-state index contributed by atoms with van der Waals surface area (Å²) in [4.78, 5) is 11.5. The van der Waals surface area contributed by atoms with Crippen molar-refractivity contribution in [2.75, 3.05) is 0 Å². The van der Waals surface area contributed by atoms with Crippen LogP contribution >= 0.6 is 0 Å². The van der Waals surface area contributed by atoms with Gasteiger partial charge in [-0.2, -0.15) is 0 Å². The first-order valence-corrected chi connectivity index (χ1v) is 12.5. The van der Waals surface area contributed by atoms with Crippen molar-refractivity contribution in [3.8, 4) is 0 Å². The Balaban J connectivity index is 4.31. The minimum atomic E-state index is -1.73. The molecule has 0 spiro atoms. The second-order valence-corrected chi connectivity index (χ2v) is 16.2. The third-order valence-corrected chi connectivity index (χ3v) is 4.01. The molecule has 0 heterocycles. The molecule has 0 rings (SSSR count). The van der Waals surface area contributed by atoms with E-state index in [1.54, 1.807) is 6.08 Å². The Hall–Kier alpha value is -0.356. The molecule has 88 valence electrons. The number of rotatable bonds is 4. The molecule has 0 aromatic heterocycles. The highest BCUT2D eigenvalue weighted by Gasteiger charge is 2.19. The lowest BCUT2D eigenvalue weighted by molar-refractivity contribution is -0.129. The third kappa shape index (κ3) is 9.94. The second kappa shape index (κ2) is 5.12. The van der Waals surface area contributed by atoms with Crippen molar-refractivity contribution >= 4 is 22.4 Å². The van der Waals surface area contributed by atoms with Gasteiger partial charge in [-0.25, -0.2) is 4.79 Å². The Morgan fingerprint density at radius 1 is 1.13 bits per heavy atom. The highest BCUT2D eigenvalue weighted by molar-refractivity contribution is 6.76. The SMILES string of the molecule is CC(=CC(=O)O[Si](C)(C)C)C[Si](C)(C)C. The monoisotopic (exact) mass is 244 g/mol. The maximum Gasteiger partial charge on any atom is 0.317 e. The van der Waals surface area contributed by atoms with E-state index < -0.39 is 16.4 Å². The summed E-state index contributed by atoms with van der Waals surface area (Å²) in [6.07, 6.45) is 1.66. The van der Waals surface area contributed by atoms with Crippen LogP contribution in [0.25, 0.3) is 0 Å². The molecular weight excluding hydrogens is 220 g/mol. The van der Waals surface area contributed by atoms with Crippen LogP contribution in [-0.4, -0.2) is 22.4 Å². The first kappa shape index (κ1) is 14.6. The van der Waals surface area contributed by atoms with Gasteiger partial charge in [-0.1, -0.05) is 25.2 Å². The summed E-state index contributed by atoms with van der Waals surface area (Å²) in [5, 5.41) is 0. The summed E-state index contributed by atoms with van der Waals surface area (Å²) in [5.41, 5.74) is 1.15. The zero-order valence-corrected chi connectivity index (χ0v) is 13.1. The molecule has 0 bridgehead atoms. The fourth-order valence-electron chi connectivity index (χ4n) is 1.42. The number of allylic oxidation sites excluding steroid dienone is 1. The van der Waals surface area contributed by atoms with Gasteiger partial charge >= 0.3 is 5.97 Å². The van der Waals surface area contributed by atoms with Gasteiger partial charge in [0.15, 0.2) is 0 Å². The average molecular weight is 244 g/mol. The average Bonchev–Trinajstić information content (AvgIpc) is 1.73. The van der Waals surface area contributed by atoms with Gasteiger partial charge in [-0.05, 0) is 32.6 Å². The lowest BCUT2D eigenvalue weighted by Gasteiger charge is -2.18. The first-order valence-electron chi connectivity index (χ1n) is 5.40. The largest absolute Gasteiger partial charge is 0.517 e. The van der Waals surface area contributed by atoms with Gasteiger partial charge in [0.05, 0.1) is 0 Å². The molecule has 0 aliphatic heterocycles. The van der Waals surface area contributed by atoms with Gasteiger partial charge in [0.2, 0.25) is 8.32 Å². The molecule has 15 heavy (non-hydrogen) atoms. The van der Waals surface area contributed by atoms with Gasteiger partial charge in [-0.15, -0.1) is 0 Å². The lowest BCUT2D eigenvalue weighted by atomic mass is 10.3. The van der Waals surface area contributed by atoms with Crippen molar-refractivity contribution in [3.63, 3.8) is 0 Å². The van der Waals surface area contributed by atoms with E-state index in [0.29, 0.717) is 0 Å². The third-order valence-electron chi connectivity index (χ3n) is 1.58. The van der Waals surface area contributed by atoms with Crippen LogP contribution in [0.2, 0.25) is 45.3 Å². The van der Waals surface area contributed by atoms with E-state index in [0.717, 1.165) is 11.6 Å². The Morgan fingerprint density at radius 2 is 1.60 bits per heavy atom. The number of carbonyl (C=O) groups is 1. The summed E-state index contributed by atoms with van der Waals surface area (Å²) < 4.78 is 5.36. The van der Waals surface area contributed by atoms with Gasteiger partial charge in [-0.3, -0.25) is 0 Å². The topological polar surface area (TPSA) is 26.3 Å². The van der Waals surface area contributed by atoms with E-state index in [9.17, 15) is 4.79 Å². The first-order chi connectivity index (χ1) is 6.49. The Labute approximate surface area is 95.9 Å². The van der Waals surface area contributed by atoms with Gasteiger partial charge in [0, 0.05) is 14.1 Å². The number of carbonyl (C=O) groups excluding carboxylic acids is 1. The van der Waals surface area contributed by atoms with Crippen LogP contribution < -0.4 is 0 Å². The second-order valence-electron chi connectivity index (χ2n) is 6.26. The smallest absolute Gasteiger partial charge is 0.317 e. The molecule has 0 N–H and O–H groups in total. The van der Waals surface area contributed by atoms with E-state index in [1.165, 1.54) is 0 Å². The van der Waals surface area contributed by atoms with Crippen molar-refractivity contribution in [2.24, 2.45) is 0 Å². The van der Waals surface area contributed by atoms with Crippen LogP contribution in [-0.2, 0) is 9.22 Å². The Kier molecular flexibility index (Phi) is 5.00. The summed E-state index contributed by atoms with van der Waals surface area (Å²) >= 11 is 0. The zero-order valence-electron chi connectivity index (χ0n) is 11.1. The van der Waals surface area contributed by atoms with E-state index in [4.69, 9.17) is 4.43 Å². The summed E-state index contributed by atoms with van der Waals surface area (Å²) in [6, 6.07) is 1.06. The van der Waals surface area contributed by atoms with Crippen LogP contribution in [0.3, 0.4) is 0 Å². The molecule has 0 saturated heterocycles. The maximum atomic E-state index is 11.5. The molecule has 2 nitrogen and oxygen atoms in total. The summed E-state index contributed by atoms with van der Waals surface area (Å²) in [5.74, 6) is -0.162. The molecule has 0 aliphatic rings. The van der Waals surface area contributed by atoms with Crippen molar-refractivity contribution in [3.05, 3.63) is 11.6 Å². The molecule has 0 unspecified atom stereocenters. The van der Waals surface area contributed by atoms with Crippen molar-refractivity contribution in [2.45, 2.75) is 52.2 Å². The molecule has 0 aromatic carbocycles. The molecule has 0 aromatic rings. The molecule has 0 radical (unpaired) electrons. The highest BCUT2D eigenvalue weighted by atomic mass is 28.4. The van der Waals surface area contributed by atoms with E-state index in [-0.39, 0.29) is 5.97 Å². The van der Waals surface area contributed by atoms with Crippen LogP contribution in [0.15, 0.2) is 11.6 Å². The predicted molar refractivity (Wildman–Crippen MR) is 71.3 cm³/mol. The number of hydrogen-bond donors (Lipinski definition) is 0. The van der Waals surface area contributed by atoms with E-state index in [2.05, 4.69) is 19.6 Å². The molecule has 4 heteroatoms. The Bertz CT molecular complexity index is 257. The molecule has 0 amide bonds. The van der Waals surface area contributed by atoms with Crippen LogP contribution in [0.4, 0.5) is 0 Å². The van der Waals surface area contributed by atoms with Crippen LogP contribution in [0, 0.1) is 0 Å². The van der Waals surface area contributed by atoms with Crippen molar-refractivity contribution in [1.82, 2.24) is 0 Å². The molecule has 0 fully saturated rings.